The first-order valence-electron chi connectivity index (χ1n) is 6.45. The average Bonchev–Trinajstić information content (AvgIpc) is 2.94. The van der Waals surface area contributed by atoms with Gasteiger partial charge in [0.2, 0.25) is 5.75 Å². The molecule has 1 saturated carbocycles. The Hall–Kier alpha value is -1.60. The van der Waals surface area contributed by atoms with Crippen molar-refractivity contribution in [1.82, 2.24) is 9.97 Å². The summed E-state index contributed by atoms with van der Waals surface area (Å²) in [6, 6.07) is 0. The zero-order valence-electron chi connectivity index (χ0n) is 11.1. The minimum Gasteiger partial charge on any atom is -0.490 e. The largest absolute Gasteiger partial charge is 0.490 e. The molecule has 2 rings (SSSR count). The van der Waals surface area contributed by atoms with Gasteiger partial charge in [-0.25, -0.2) is 15.8 Å². The third kappa shape index (κ3) is 2.87. The number of rotatable bonds is 6. The second-order valence-electron chi connectivity index (χ2n) is 4.97. The molecule has 0 saturated heterocycles. The number of aromatic nitrogens is 2. The smallest absolute Gasteiger partial charge is 0.205 e. The summed E-state index contributed by atoms with van der Waals surface area (Å²) in [6.07, 6.45) is 5.82. The summed E-state index contributed by atoms with van der Waals surface area (Å²) in [5.74, 6) is 6.88. The van der Waals surface area contributed by atoms with Gasteiger partial charge in [-0.2, -0.15) is 0 Å². The number of methoxy groups -OCH3 is 1. The van der Waals surface area contributed by atoms with Crippen molar-refractivity contribution in [2.45, 2.75) is 25.7 Å². The van der Waals surface area contributed by atoms with E-state index in [1.165, 1.54) is 19.2 Å². The van der Waals surface area contributed by atoms with Crippen LogP contribution in [-0.2, 0) is 0 Å². The van der Waals surface area contributed by atoms with Gasteiger partial charge in [-0.3, -0.25) is 0 Å². The van der Waals surface area contributed by atoms with E-state index in [0.29, 0.717) is 23.9 Å². The molecule has 0 spiro atoms. The van der Waals surface area contributed by atoms with E-state index in [2.05, 4.69) is 20.7 Å². The van der Waals surface area contributed by atoms with Crippen LogP contribution < -0.4 is 21.3 Å². The van der Waals surface area contributed by atoms with Gasteiger partial charge >= 0.3 is 0 Å². The maximum atomic E-state index is 9.59. The Bertz CT molecular complexity index is 421. The summed E-state index contributed by atoms with van der Waals surface area (Å²) in [5.41, 5.74) is 2.42. The number of aliphatic hydroxyl groups excluding tert-OH is 1. The summed E-state index contributed by atoms with van der Waals surface area (Å²) in [7, 11) is 1.54. The highest BCUT2D eigenvalue weighted by molar-refractivity contribution is 5.63. The number of anilines is 2. The highest BCUT2D eigenvalue weighted by atomic mass is 16.5. The topological polar surface area (TPSA) is 105 Å². The van der Waals surface area contributed by atoms with Gasteiger partial charge < -0.3 is 20.6 Å². The molecule has 0 atom stereocenters. The summed E-state index contributed by atoms with van der Waals surface area (Å²) in [6.45, 7) is 0.857. The first-order valence-corrected chi connectivity index (χ1v) is 6.45. The van der Waals surface area contributed by atoms with Gasteiger partial charge in [-0.15, -0.1) is 0 Å². The molecule has 1 heterocycles. The quantitative estimate of drug-likeness (QED) is 0.445. The zero-order chi connectivity index (χ0) is 13.7. The van der Waals surface area contributed by atoms with E-state index < -0.39 is 0 Å². The highest BCUT2D eigenvalue weighted by Gasteiger charge is 2.33. The fraction of sp³-hybridized carbons (Fsp3) is 0.667. The number of nitrogens with two attached hydrogens (primary N) is 1. The van der Waals surface area contributed by atoms with Crippen LogP contribution in [0.2, 0.25) is 0 Å². The molecule has 0 aromatic carbocycles. The van der Waals surface area contributed by atoms with Crippen molar-refractivity contribution in [2.24, 2.45) is 11.3 Å². The molecule has 1 aliphatic carbocycles. The Morgan fingerprint density at radius 1 is 1.37 bits per heavy atom. The molecule has 0 unspecified atom stereocenters. The van der Waals surface area contributed by atoms with E-state index in [9.17, 15) is 5.11 Å². The van der Waals surface area contributed by atoms with Gasteiger partial charge in [0, 0.05) is 12.0 Å². The summed E-state index contributed by atoms with van der Waals surface area (Å²) < 4.78 is 5.26. The standard InChI is InChI=1S/C12H21N5O2/c1-19-9-10(15-8-16-11(9)17-13)14-6-12(7-18)4-2-3-5-12/h8,18H,2-7,13H2,1H3,(H2,14,15,16,17). The average molecular weight is 267 g/mol. The lowest BCUT2D eigenvalue weighted by atomic mass is 9.87. The molecule has 0 aliphatic heterocycles. The van der Waals surface area contributed by atoms with Crippen LogP contribution in [0.4, 0.5) is 11.6 Å². The van der Waals surface area contributed by atoms with Crippen LogP contribution >= 0.6 is 0 Å². The molecule has 5 N–H and O–H groups in total. The Kier molecular flexibility index (Phi) is 4.39. The maximum Gasteiger partial charge on any atom is 0.205 e. The van der Waals surface area contributed by atoms with Crippen LogP contribution in [0.1, 0.15) is 25.7 Å². The summed E-state index contributed by atoms with van der Waals surface area (Å²) in [4.78, 5) is 8.14. The molecule has 19 heavy (non-hydrogen) atoms. The Balaban J connectivity index is 2.10. The van der Waals surface area contributed by atoms with Crippen molar-refractivity contribution in [3.63, 3.8) is 0 Å². The van der Waals surface area contributed by atoms with Crippen molar-refractivity contribution < 1.29 is 9.84 Å². The van der Waals surface area contributed by atoms with Gasteiger partial charge in [0.15, 0.2) is 11.6 Å². The number of hydrogen-bond acceptors (Lipinski definition) is 7. The molecule has 1 aromatic rings. The normalized spacial score (nSPS) is 17.2. The minimum atomic E-state index is -0.0493. The number of aliphatic hydroxyl groups is 1. The van der Waals surface area contributed by atoms with E-state index in [4.69, 9.17) is 10.6 Å². The van der Waals surface area contributed by atoms with Gasteiger partial charge in [0.25, 0.3) is 0 Å². The molecule has 7 nitrogen and oxygen atoms in total. The van der Waals surface area contributed by atoms with Crippen molar-refractivity contribution in [3.05, 3.63) is 6.33 Å². The third-order valence-corrected chi connectivity index (χ3v) is 3.78. The number of nitrogens with zero attached hydrogens (tertiary/aromatic N) is 2. The van der Waals surface area contributed by atoms with Gasteiger partial charge in [-0.1, -0.05) is 12.8 Å². The Labute approximate surface area is 112 Å². The molecule has 0 bridgehead atoms. The Morgan fingerprint density at radius 2 is 2.05 bits per heavy atom. The van der Waals surface area contributed by atoms with Crippen LogP contribution in [0.15, 0.2) is 6.33 Å². The number of ether oxygens (including phenoxy) is 1. The molecule has 1 aromatic heterocycles. The van der Waals surface area contributed by atoms with Gasteiger partial charge in [0.05, 0.1) is 13.7 Å². The number of hydrogen-bond donors (Lipinski definition) is 4. The first kappa shape index (κ1) is 13.8. The van der Waals surface area contributed by atoms with E-state index in [-0.39, 0.29) is 12.0 Å². The molecular weight excluding hydrogens is 246 g/mol. The lowest BCUT2D eigenvalue weighted by molar-refractivity contribution is 0.142. The van der Waals surface area contributed by atoms with E-state index in [1.807, 2.05) is 0 Å². The number of hydrazine groups is 1. The lowest BCUT2D eigenvalue weighted by Crippen LogP contribution is -2.31. The molecule has 1 fully saturated rings. The molecule has 0 radical (unpaired) electrons. The van der Waals surface area contributed by atoms with Crippen LogP contribution in [0.25, 0.3) is 0 Å². The SMILES string of the molecule is COc1c(NN)ncnc1NCC1(CO)CCCC1. The predicted molar refractivity (Wildman–Crippen MR) is 72.9 cm³/mol. The predicted octanol–water partition coefficient (Wildman–Crippen LogP) is 0.735. The molecule has 1 aliphatic rings. The highest BCUT2D eigenvalue weighted by Crippen LogP contribution is 2.38. The summed E-state index contributed by atoms with van der Waals surface area (Å²) >= 11 is 0. The van der Waals surface area contributed by atoms with Gasteiger partial charge in [0.1, 0.15) is 6.33 Å². The summed E-state index contributed by atoms with van der Waals surface area (Å²) in [5, 5.41) is 12.8. The van der Waals surface area contributed by atoms with E-state index >= 15 is 0 Å². The fourth-order valence-corrected chi connectivity index (χ4v) is 2.58. The number of nitrogen functional groups attached to an aromatic ring is 1. The number of nitrogens with one attached hydrogen (secondary N) is 2. The van der Waals surface area contributed by atoms with Gasteiger partial charge in [-0.05, 0) is 12.8 Å². The fourth-order valence-electron chi connectivity index (χ4n) is 2.58. The van der Waals surface area contributed by atoms with Crippen LogP contribution in [-0.4, -0.2) is 35.3 Å². The van der Waals surface area contributed by atoms with Crippen LogP contribution in [0, 0.1) is 5.41 Å². The monoisotopic (exact) mass is 267 g/mol. The second-order valence-corrected chi connectivity index (χ2v) is 4.97. The van der Waals surface area contributed by atoms with E-state index in [1.54, 1.807) is 7.11 Å². The molecule has 106 valence electrons. The molecule has 7 heteroatoms. The van der Waals surface area contributed by atoms with Crippen LogP contribution in [0.3, 0.4) is 0 Å². The maximum absolute atomic E-state index is 9.59. The van der Waals surface area contributed by atoms with Crippen molar-refractivity contribution in [3.8, 4) is 5.75 Å². The Morgan fingerprint density at radius 3 is 2.63 bits per heavy atom. The van der Waals surface area contributed by atoms with Crippen molar-refractivity contribution >= 4 is 11.6 Å². The van der Waals surface area contributed by atoms with E-state index in [0.717, 1.165) is 12.8 Å². The molecule has 0 amide bonds. The van der Waals surface area contributed by atoms with Crippen LogP contribution in [0.5, 0.6) is 5.75 Å². The first-order chi connectivity index (χ1) is 9.24. The minimum absolute atomic E-state index is 0.0493. The lowest BCUT2D eigenvalue weighted by Gasteiger charge is -2.27. The second kappa shape index (κ2) is 6.03. The molecular formula is C12H21N5O2. The third-order valence-electron chi connectivity index (χ3n) is 3.78. The van der Waals surface area contributed by atoms with Crippen molar-refractivity contribution in [2.75, 3.05) is 31.0 Å². The zero-order valence-corrected chi connectivity index (χ0v) is 11.1. The van der Waals surface area contributed by atoms with Crippen molar-refractivity contribution in [1.29, 1.82) is 0 Å².